The van der Waals surface area contributed by atoms with Gasteiger partial charge >= 0.3 is 0 Å². The van der Waals surface area contributed by atoms with Gasteiger partial charge in [-0.2, -0.15) is 0 Å². The van der Waals surface area contributed by atoms with Crippen LogP contribution in [0.1, 0.15) is 38.3 Å². The normalized spacial score (nSPS) is 17.0. The van der Waals surface area contributed by atoms with Crippen molar-refractivity contribution in [2.75, 3.05) is 60.0 Å². The van der Waals surface area contributed by atoms with Crippen molar-refractivity contribution >= 4 is 5.96 Å². The molecule has 0 aromatic heterocycles. The summed E-state index contributed by atoms with van der Waals surface area (Å²) in [5.41, 5.74) is 1.10. The molecule has 1 fully saturated rings. The lowest BCUT2D eigenvalue weighted by molar-refractivity contribution is 0.0170. The van der Waals surface area contributed by atoms with Crippen molar-refractivity contribution < 1.29 is 9.13 Å². The van der Waals surface area contributed by atoms with Crippen molar-refractivity contribution in [3.8, 4) is 0 Å². The Hall–Kier alpha value is -1.70. The summed E-state index contributed by atoms with van der Waals surface area (Å²) in [7, 11) is 3.96. The molecule has 1 aromatic rings. The lowest BCUT2D eigenvalue weighted by Gasteiger charge is -2.35. The molecule has 0 aliphatic carbocycles. The van der Waals surface area contributed by atoms with Gasteiger partial charge in [0.05, 0.1) is 19.3 Å². The number of hydrogen-bond acceptors (Lipinski definition) is 4. The van der Waals surface area contributed by atoms with Crippen molar-refractivity contribution in [3.05, 3.63) is 35.6 Å². The minimum atomic E-state index is -0.206. The van der Waals surface area contributed by atoms with Gasteiger partial charge in [-0.25, -0.2) is 4.39 Å². The Labute approximate surface area is 175 Å². The molecular formula is C22H38FN5O. The molecule has 29 heavy (non-hydrogen) atoms. The van der Waals surface area contributed by atoms with E-state index in [9.17, 15) is 4.39 Å². The van der Waals surface area contributed by atoms with Crippen molar-refractivity contribution in [1.82, 2.24) is 20.4 Å². The minimum Gasteiger partial charge on any atom is -0.379 e. The zero-order chi connectivity index (χ0) is 21.1. The van der Waals surface area contributed by atoms with E-state index < -0.39 is 0 Å². The summed E-state index contributed by atoms with van der Waals surface area (Å²) >= 11 is 0. The smallest absolute Gasteiger partial charge is 0.191 e. The third kappa shape index (κ3) is 8.28. The highest BCUT2D eigenvalue weighted by Gasteiger charge is 2.23. The number of hydrogen-bond donors (Lipinski definition) is 2. The first-order valence-corrected chi connectivity index (χ1v) is 10.7. The van der Waals surface area contributed by atoms with E-state index in [1.165, 1.54) is 12.1 Å². The van der Waals surface area contributed by atoms with E-state index in [-0.39, 0.29) is 11.9 Å². The molecule has 0 amide bonds. The molecule has 0 radical (unpaired) electrons. The van der Waals surface area contributed by atoms with Gasteiger partial charge in [-0.1, -0.05) is 12.1 Å². The number of nitrogens with one attached hydrogen (secondary N) is 2. The Kier molecular flexibility index (Phi) is 10.4. The van der Waals surface area contributed by atoms with Gasteiger partial charge in [0.15, 0.2) is 5.96 Å². The molecule has 1 unspecified atom stereocenters. The zero-order valence-corrected chi connectivity index (χ0v) is 18.5. The van der Waals surface area contributed by atoms with Gasteiger partial charge in [-0.05, 0) is 58.0 Å². The summed E-state index contributed by atoms with van der Waals surface area (Å²) in [5, 5.41) is 6.86. The van der Waals surface area contributed by atoms with Crippen LogP contribution in [0.15, 0.2) is 29.3 Å². The van der Waals surface area contributed by atoms with Crippen LogP contribution in [0.3, 0.4) is 0 Å². The quantitative estimate of drug-likeness (QED) is 0.355. The molecule has 0 spiro atoms. The number of ether oxygens (including phenoxy) is 1. The topological polar surface area (TPSA) is 52.1 Å². The van der Waals surface area contributed by atoms with Crippen LogP contribution in [-0.4, -0.2) is 81.8 Å². The summed E-state index contributed by atoms with van der Waals surface area (Å²) < 4.78 is 18.9. The molecule has 2 rings (SSSR count). The molecule has 2 N–H and O–H groups in total. The Morgan fingerprint density at radius 1 is 1.17 bits per heavy atom. The fourth-order valence-electron chi connectivity index (χ4n) is 3.40. The maximum Gasteiger partial charge on any atom is 0.191 e. The van der Waals surface area contributed by atoms with Crippen molar-refractivity contribution in [2.24, 2.45) is 4.99 Å². The standard InChI is InChI=1S/C22H38FN5O/c1-18(2)27(4)12-6-5-11-25-22(24-3)26-17-21(28-13-15-29-16-14-28)19-7-9-20(23)10-8-19/h7-10,18,21H,5-6,11-17H2,1-4H3,(H2,24,25,26). The molecule has 1 saturated heterocycles. The number of aliphatic imine (C=N–C) groups is 1. The van der Waals surface area contributed by atoms with Crippen LogP contribution in [0.2, 0.25) is 0 Å². The van der Waals surface area contributed by atoms with Gasteiger partial charge in [0.1, 0.15) is 5.82 Å². The molecule has 1 atom stereocenters. The highest BCUT2D eigenvalue weighted by atomic mass is 19.1. The average Bonchev–Trinajstić information content (AvgIpc) is 2.73. The molecule has 0 saturated carbocycles. The van der Waals surface area contributed by atoms with E-state index in [2.05, 4.69) is 46.3 Å². The van der Waals surface area contributed by atoms with Crippen molar-refractivity contribution in [1.29, 1.82) is 0 Å². The van der Waals surface area contributed by atoms with E-state index in [4.69, 9.17) is 4.74 Å². The monoisotopic (exact) mass is 407 g/mol. The summed E-state index contributed by atoms with van der Waals surface area (Å²) in [4.78, 5) is 9.11. The first-order chi connectivity index (χ1) is 14.0. The molecule has 1 aliphatic heterocycles. The first kappa shape index (κ1) is 23.6. The number of halogens is 1. The summed E-state index contributed by atoms with van der Waals surface area (Å²) in [6.07, 6.45) is 2.26. The second-order valence-corrected chi connectivity index (χ2v) is 7.88. The first-order valence-electron chi connectivity index (χ1n) is 10.7. The van der Waals surface area contributed by atoms with Crippen LogP contribution >= 0.6 is 0 Å². The van der Waals surface area contributed by atoms with Crippen LogP contribution in [0.25, 0.3) is 0 Å². The summed E-state index contributed by atoms with van der Waals surface area (Å²) in [6.45, 7) is 10.4. The SMILES string of the molecule is CN=C(NCCCCN(C)C(C)C)NCC(c1ccc(F)cc1)N1CCOCC1. The van der Waals surface area contributed by atoms with Gasteiger partial charge in [0.2, 0.25) is 0 Å². The molecule has 0 bridgehead atoms. The number of unbranched alkanes of at least 4 members (excludes halogenated alkanes) is 1. The van der Waals surface area contributed by atoms with Gasteiger partial charge in [-0.3, -0.25) is 9.89 Å². The molecule has 1 aliphatic rings. The highest BCUT2D eigenvalue weighted by molar-refractivity contribution is 5.79. The number of nitrogens with zero attached hydrogens (tertiary/aromatic N) is 3. The van der Waals surface area contributed by atoms with E-state index in [1.807, 2.05) is 12.1 Å². The number of guanidine groups is 1. The predicted octanol–water partition coefficient (Wildman–Crippen LogP) is 2.48. The number of benzene rings is 1. The fraction of sp³-hybridized carbons (Fsp3) is 0.682. The largest absolute Gasteiger partial charge is 0.379 e. The van der Waals surface area contributed by atoms with Crippen molar-refractivity contribution in [3.63, 3.8) is 0 Å². The summed E-state index contributed by atoms with van der Waals surface area (Å²) in [6, 6.07) is 7.55. The lowest BCUT2D eigenvalue weighted by Crippen LogP contribution is -2.46. The second-order valence-electron chi connectivity index (χ2n) is 7.88. The Morgan fingerprint density at radius 3 is 2.48 bits per heavy atom. The second kappa shape index (κ2) is 12.8. The van der Waals surface area contributed by atoms with Crippen LogP contribution < -0.4 is 10.6 Å². The fourth-order valence-corrected chi connectivity index (χ4v) is 3.40. The highest BCUT2D eigenvalue weighted by Crippen LogP contribution is 2.21. The molecule has 6 nitrogen and oxygen atoms in total. The van der Waals surface area contributed by atoms with Gasteiger partial charge in [-0.15, -0.1) is 0 Å². The summed E-state index contributed by atoms with van der Waals surface area (Å²) in [5.74, 6) is 0.602. The van der Waals surface area contributed by atoms with Gasteiger partial charge < -0.3 is 20.3 Å². The molecular weight excluding hydrogens is 369 g/mol. The predicted molar refractivity (Wildman–Crippen MR) is 118 cm³/mol. The lowest BCUT2D eigenvalue weighted by atomic mass is 10.0. The Morgan fingerprint density at radius 2 is 1.86 bits per heavy atom. The minimum absolute atomic E-state index is 0.151. The third-order valence-electron chi connectivity index (χ3n) is 5.54. The number of morpholine rings is 1. The van der Waals surface area contributed by atoms with Gasteiger partial charge in [0, 0.05) is 39.3 Å². The maximum atomic E-state index is 13.4. The zero-order valence-electron chi connectivity index (χ0n) is 18.5. The van der Waals surface area contributed by atoms with Crippen LogP contribution in [0.5, 0.6) is 0 Å². The van der Waals surface area contributed by atoms with Crippen molar-refractivity contribution in [2.45, 2.75) is 38.8 Å². The molecule has 164 valence electrons. The van der Waals surface area contributed by atoms with E-state index in [0.29, 0.717) is 12.6 Å². The van der Waals surface area contributed by atoms with E-state index in [1.54, 1.807) is 7.05 Å². The number of rotatable bonds is 10. The van der Waals surface area contributed by atoms with E-state index in [0.717, 1.165) is 63.8 Å². The third-order valence-corrected chi connectivity index (χ3v) is 5.54. The molecule has 1 heterocycles. The van der Waals surface area contributed by atoms with Crippen LogP contribution in [0, 0.1) is 5.82 Å². The van der Waals surface area contributed by atoms with Gasteiger partial charge in [0.25, 0.3) is 0 Å². The van der Waals surface area contributed by atoms with Crippen LogP contribution in [0.4, 0.5) is 4.39 Å². The molecule has 7 heteroatoms. The Balaban J connectivity index is 1.83. The Bertz CT molecular complexity index is 602. The molecule has 1 aromatic carbocycles. The average molecular weight is 408 g/mol. The van der Waals surface area contributed by atoms with Crippen LogP contribution in [-0.2, 0) is 4.74 Å². The van der Waals surface area contributed by atoms with E-state index >= 15 is 0 Å². The maximum absolute atomic E-state index is 13.4.